The van der Waals surface area contributed by atoms with Crippen LogP contribution in [0.4, 0.5) is 15.8 Å². The van der Waals surface area contributed by atoms with Crippen LogP contribution in [0.1, 0.15) is 30.1 Å². The van der Waals surface area contributed by atoms with E-state index in [-0.39, 0.29) is 17.2 Å². The van der Waals surface area contributed by atoms with E-state index in [0.717, 1.165) is 12.5 Å². The average molecular weight is 405 g/mol. The summed E-state index contributed by atoms with van der Waals surface area (Å²) < 4.78 is 18.4. The maximum Gasteiger partial charge on any atom is 0.338 e. The molecule has 3 rings (SSSR count). The Balaban J connectivity index is 1.68. The van der Waals surface area contributed by atoms with Gasteiger partial charge in [0.15, 0.2) is 6.10 Å². The number of halogens is 2. The highest BCUT2D eigenvalue weighted by molar-refractivity contribution is 6.34. The van der Waals surface area contributed by atoms with Crippen LogP contribution in [-0.4, -0.2) is 30.4 Å². The largest absolute Gasteiger partial charge is 0.449 e. The summed E-state index contributed by atoms with van der Waals surface area (Å²) in [7, 11) is 0. The normalized spacial score (nSPS) is 14.7. The third-order valence-corrected chi connectivity index (χ3v) is 4.61. The molecule has 0 saturated carbocycles. The maximum absolute atomic E-state index is 13.2. The van der Waals surface area contributed by atoms with Gasteiger partial charge in [-0.1, -0.05) is 17.7 Å². The summed E-state index contributed by atoms with van der Waals surface area (Å²) in [4.78, 5) is 38.1. The summed E-state index contributed by atoms with van der Waals surface area (Å²) in [6.07, 6.45) is 0.0481. The number of esters is 1. The Morgan fingerprint density at radius 1 is 1.25 bits per heavy atom. The highest BCUT2D eigenvalue weighted by Gasteiger charge is 2.25. The summed E-state index contributed by atoms with van der Waals surface area (Å²) in [6.45, 7) is 1.94. The lowest BCUT2D eigenvalue weighted by Crippen LogP contribution is -2.30. The van der Waals surface area contributed by atoms with Gasteiger partial charge < -0.3 is 15.0 Å². The van der Waals surface area contributed by atoms with E-state index >= 15 is 0 Å². The number of carbonyl (C=O) groups is 3. The molecule has 2 aromatic rings. The van der Waals surface area contributed by atoms with E-state index in [1.165, 1.54) is 48.2 Å². The Morgan fingerprint density at radius 3 is 2.71 bits per heavy atom. The number of hydrogen-bond donors (Lipinski definition) is 1. The van der Waals surface area contributed by atoms with Crippen LogP contribution in [0.25, 0.3) is 0 Å². The van der Waals surface area contributed by atoms with Crippen molar-refractivity contribution in [2.75, 3.05) is 16.8 Å². The molecule has 0 aliphatic carbocycles. The Hall–Kier alpha value is -2.93. The monoisotopic (exact) mass is 404 g/mol. The molecule has 0 spiro atoms. The number of anilines is 2. The zero-order valence-corrected chi connectivity index (χ0v) is 15.8. The van der Waals surface area contributed by atoms with Gasteiger partial charge in [0.1, 0.15) is 5.82 Å². The molecule has 0 radical (unpaired) electrons. The van der Waals surface area contributed by atoms with E-state index in [1.54, 1.807) is 0 Å². The summed E-state index contributed by atoms with van der Waals surface area (Å²) in [6, 6.07) is 9.84. The minimum absolute atomic E-state index is 0.0599. The van der Waals surface area contributed by atoms with Gasteiger partial charge in [-0.2, -0.15) is 0 Å². The fourth-order valence-corrected chi connectivity index (χ4v) is 3.06. The zero-order valence-electron chi connectivity index (χ0n) is 15.1. The molecule has 1 aliphatic heterocycles. The number of hydrogen-bond acceptors (Lipinski definition) is 4. The van der Waals surface area contributed by atoms with Crippen molar-refractivity contribution in [3.63, 3.8) is 0 Å². The molecule has 0 aromatic heterocycles. The molecule has 1 atom stereocenters. The molecule has 1 aliphatic rings. The SMILES string of the molecule is C[C@@H](OC(=O)c1ccc(Cl)c(N2CCCC2=O)c1)C(=O)Nc1cccc(F)c1. The van der Waals surface area contributed by atoms with Crippen LogP contribution in [0.5, 0.6) is 0 Å². The fraction of sp³-hybridized carbons (Fsp3) is 0.250. The van der Waals surface area contributed by atoms with Gasteiger partial charge in [0.25, 0.3) is 5.91 Å². The molecular formula is C20H18ClFN2O4. The van der Waals surface area contributed by atoms with Crippen molar-refractivity contribution < 1.29 is 23.5 Å². The van der Waals surface area contributed by atoms with Crippen LogP contribution in [0.3, 0.4) is 0 Å². The predicted molar refractivity (Wildman–Crippen MR) is 103 cm³/mol. The minimum Gasteiger partial charge on any atom is -0.449 e. The first kappa shape index (κ1) is 19.8. The van der Waals surface area contributed by atoms with Crippen LogP contribution in [0.15, 0.2) is 42.5 Å². The van der Waals surface area contributed by atoms with Crippen LogP contribution in [0, 0.1) is 5.82 Å². The second kappa shape index (κ2) is 8.39. The Bertz CT molecular complexity index is 934. The van der Waals surface area contributed by atoms with Crippen LogP contribution >= 0.6 is 11.6 Å². The number of nitrogens with zero attached hydrogens (tertiary/aromatic N) is 1. The van der Waals surface area contributed by atoms with E-state index < -0.39 is 23.8 Å². The molecule has 1 N–H and O–H groups in total. The first-order chi connectivity index (χ1) is 13.3. The average Bonchev–Trinajstić information content (AvgIpc) is 3.07. The van der Waals surface area contributed by atoms with Gasteiger partial charge in [-0.15, -0.1) is 0 Å². The van der Waals surface area contributed by atoms with E-state index in [4.69, 9.17) is 16.3 Å². The van der Waals surface area contributed by atoms with Crippen molar-refractivity contribution in [3.8, 4) is 0 Å². The first-order valence-electron chi connectivity index (χ1n) is 8.72. The lowest BCUT2D eigenvalue weighted by Gasteiger charge is -2.18. The third kappa shape index (κ3) is 4.48. The molecule has 1 saturated heterocycles. The zero-order chi connectivity index (χ0) is 20.3. The molecule has 146 valence electrons. The maximum atomic E-state index is 13.2. The summed E-state index contributed by atoms with van der Waals surface area (Å²) in [5.41, 5.74) is 0.870. The molecule has 2 aromatic carbocycles. The van der Waals surface area contributed by atoms with Crippen molar-refractivity contribution in [2.45, 2.75) is 25.9 Å². The van der Waals surface area contributed by atoms with Gasteiger partial charge in [0.05, 0.1) is 16.3 Å². The molecule has 28 heavy (non-hydrogen) atoms. The molecule has 6 nitrogen and oxygen atoms in total. The van der Waals surface area contributed by atoms with Gasteiger partial charge in [0.2, 0.25) is 5.91 Å². The number of rotatable bonds is 5. The first-order valence-corrected chi connectivity index (χ1v) is 9.10. The van der Waals surface area contributed by atoms with Gasteiger partial charge in [0, 0.05) is 18.7 Å². The fourth-order valence-electron chi connectivity index (χ4n) is 2.84. The topological polar surface area (TPSA) is 75.7 Å². The highest BCUT2D eigenvalue weighted by Crippen LogP contribution is 2.30. The second-order valence-electron chi connectivity index (χ2n) is 6.36. The van der Waals surface area contributed by atoms with Crippen LogP contribution < -0.4 is 10.2 Å². The molecular weight excluding hydrogens is 387 g/mol. The van der Waals surface area contributed by atoms with E-state index in [0.29, 0.717) is 23.7 Å². The summed E-state index contributed by atoms with van der Waals surface area (Å²) in [5, 5.41) is 2.83. The molecule has 8 heteroatoms. The summed E-state index contributed by atoms with van der Waals surface area (Å²) >= 11 is 6.16. The smallest absolute Gasteiger partial charge is 0.338 e. The van der Waals surface area contributed by atoms with E-state index in [2.05, 4.69) is 5.32 Å². The predicted octanol–water partition coefficient (Wildman–Crippen LogP) is 3.79. The quantitative estimate of drug-likeness (QED) is 0.769. The molecule has 2 amide bonds. The minimum atomic E-state index is -1.11. The van der Waals surface area contributed by atoms with Gasteiger partial charge in [-0.25, -0.2) is 9.18 Å². The van der Waals surface area contributed by atoms with Crippen LogP contribution in [0.2, 0.25) is 5.02 Å². The molecule has 0 unspecified atom stereocenters. The van der Waals surface area contributed by atoms with Gasteiger partial charge in [-0.05, 0) is 49.7 Å². The number of benzene rings is 2. The highest BCUT2D eigenvalue weighted by atomic mass is 35.5. The Morgan fingerprint density at radius 2 is 2.04 bits per heavy atom. The lowest BCUT2D eigenvalue weighted by molar-refractivity contribution is -0.123. The standard InChI is InChI=1S/C20H18ClFN2O4/c1-12(19(26)23-15-5-2-4-14(22)11-15)28-20(27)13-7-8-16(21)17(10-13)24-9-3-6-18(24)25/h2,4-5,7-8,10-12H,3,6,9H2,1H3,(H,23,26)/t12-/m1/s1. The number of nitrogens with one attached hydrogen (secondary N) is 1. The number of amides is 2. The van der Waals surface area contributed by atoms with Crippen molar-refractivity contribution in [1.29, 1.82) is 0 Å². The third-order valence-electron chi connectivity index (χ3n) is 4.29. The van der Waals surface area contributed by atoms with E-state index in [9.17, 15) is 18.8 Å². The van der Waals surface area contributed by atoms with Crippen molar-refractivity contribution in [2.24, 2.45) is 0 Å². The second-order valence-corrected chi connectivity index (χ2v) is 6.77. The van der Waals surface area contributed by atoms with E-state index in [1.807, 2.05) is 0 Å². The van der Waals surface area contributed by atoms with Gasteiger partial charge >= 0.3 is 5.97 Å². The summed E-state index contributed by atoms with van der Waals surface area (Å²) in [5.74, 6) is -1.88. The lowest BCUT2D eigenvalue weighted by atomic mass is 10.2. The Kier molecular flexibility index (Phi) is 5.94. The van der Waals surface area contributed by atoms with Gasteiger partial charge in [-0.3, -0.25) is 9.59 Å². The molecule has 1 fully saturated rings. The molecule has 1 heterocycles. The van der Waals surface area contributed by atoms with Crippen molar-refractivity contribution >= 4 is 40.8 Å². The number of ether oxygens (including phenoxy) is 1. The van der Waals surface area contributed by atoms with Crippen LogP contribution in [-0.2, 0) is 14.3 Å². The van der Waals surface area contributed by atoms with Crippen molar-refractivity contribution in [1.82, 2.24) is 0 Å². The molecule has 0 bridgehead atoms. The van der Waals surface area contributed by atoms with Crippen molar-refractivity contribution in [3.05, 3.63) is 58.9 Å². The number of carbonyl (C=O) groups excluding carboxylic acids is 3. The Labute approximate surface area is 166 Å².